The van der Waals surface area contributed by atoms with E-state index in [1.165, 1.54) is 76.4 Å². The largest absolute Gasteiger partial charge is 0.316 e. The van der Waals surface area contributed by atoms with Gasteiger partial charge in [0.15, 0.2) is 0 Å². The molecule has 0 amide bonds. The molecule has 0 saturated heterocycles. The van der Waals surface area contributed by atoms with Gasteiger partial charge in [-0.15, -0.1) is 0 Å². The lowest BCUT2D eigenvalue weighted by atomic mass is 9.94. The van der Waals surface area contributed by atoms with Crippen LogP contribution in [0.25, 0.3) is 76.4 Å². The first kappa shape index (κ1) is 21.6. The molecule has 0 unspecified atom stereocenters. The molecular weight excluding hydrogens is 484 g/mol. The number of para-hydroxylation sites is 2. The lowest BCUT2D eigenvalue weighted by molar-refractivity contribution is 1.13. The molecular formula is C38H24N2. The molecule has 2 nitrogen and oxygen atoms in total. The number of rotatable bonds is 2. The Kier molecular flexibility index (Phi) is 4.36. The smallest absolute Gasteiger partial charge is 0.0642 e. The monoisotopic (exact) mass is 508 g/mol. The predicted octanol–water partition coefficient (Wildman–Crippen LogP) is 10.2. The van der Waals surface area contributed by atoms with Gasteiger partial charge in [0, 0.05) is 44.5 Å². The summed E-state index contributed by atoms with van der Waals surface area (Å²) in [5.74, 6) is 0. The maximum Gasteiger partial charge on any atom is 0.0642 e. The Bertz CT molecular complexity index is 2410. The highest BCUT2D eigenvalue weighted by molar-refractivity contribution is 6.40. The fraction of sp³-hybridized carbons (Fsp3) is 0. The Morgan fingerprint density at radius 2 is 0.725 bits per heavy atom. The Hall–Kier alpha value is -5.34. The van der Waals surface area contributed by atoms with Crippen LogP contribution in [-0.4, -0.2) is 9.13 Å². The maximum absolute atomic E-state index is 2.52. The molecule has 2 aromatic heterocycles. The highest BCUT2D eigenvalue weighted by Gasteiger charge is 2.24. The van der Waals surface area contributed by atoms with Crippen LogP contribution in [0.15, 0.2) is 146 Å². The first-order chi connectivity index (χ1) is 19.9. The van der Waals surface area contributed by atoms with Crippen molar-refractivity contribution in [2.45, 2.75) is 0 Å². The van der Waals surface area contributed by atoms with Gasteiger partial charge in [0.25, 0.3) is 0 Å². The minimum absolute atomic E-state index is 1.17. The summed E-state index contributed by atoms with van der Waals surface area (Å²) in [7, 11) is 0. The van der Waals surface area contributed by atoms with Crippen molar-refractivity contribution >= 4 is 65.0 Å². The molecule has 0 N–H and O–H groups in total. The first-order valence-electron chi connectivity index (χ1n) is 13.8. The molecule has 186 valence electrons. The lowest BCUT2D eigenvalue weighted by Crippen LogP contribution is -1.96. The van der Waals surface area contributed by atoms with Crippen LogP contribution in [0, 0.1) is 0 Å². The SMILES string of the molecule is c1ccc(-n2ccc3c2c2ccccc2c2c4c5ccccc5c5ccccc5c4n(-c4ccccc4)c32)cc1. The van der Waals surface area contributed by atoms with Crippen molar-refractivity contribution in [1.82, 2.24) is 9.13 Å². The minimum Gasteiger partial charge on any atom is -0.316 e. The van der Waals surface area contributed by atoms with E-state index in [0.29, 0.717) is 0 Å². The first-order valence-corrected chi connectivity index (χ1v) is 13.8. The van der Waals surface area contributed by atoms with Crippen LogP contribution in [0.3, 0.4) is 0 Å². The molecule has 0 atom stereocenters. The zero-order valence-electron chi connectivity index (χ0n) is 21.8. The van der Waals surface area contributed by atoms with Gasteiger partial charge in [-0.2, -0.15) is 0 Å². The van der Waals surface area contributed by atoms with Crippen molar-refractivity contribution in [2.75, 3.05) is 0 Å². The van der Waals surface area contributed by atoms with Crippen LogP contribution in [0.2, 0.25) is 0 Å². The van der Waals surface area contributed by atoms with Crippen LogP contribution in [0.4, 0.5) is 0 Å². The molecule has 9 rings (SSSR count). The molecule has 0 aliphatic carbocycles. The number of fused-ring (bicyclic) bond motifs is 13. The predicted molar refractivity (Wildman–Crippen MR) is 170 cm³/mol. The van der Waals surface area contributed by atoms with E-state index < -0.39 is 0 Å². The Morgan fingerprint density at radius 3 is 1.35 bits per heavy atom. The molecule has 2 heteroatoms. The van der Waals surface area contributed by atoms with Gasteiger partial charge in [-0.05, 0) is 51.9 Å². The van der Waals surface area contributed by atoms with Gasteiger partial charge in [-0.1, -0.05) is 109 Å². The Morgan fingerprint density at radius 1 is 0.300 bits per heavy atom. The summed E-state index contributed by atoms with van der Waals surface area (Å²) < 4.78 is 4.86. The van der Waals surface area contributed by atoms with Gasteiger partial charge in [-0.25, -0.2) is 0 Å². The van der Waals surface area contributed by atoms with E-state index in [1.54, 1.807) is 0 Å². The van der Waals surface area contributed by atoms with E-state index >= 15 is 0 Å². The van der Waals surface area contributed by atoms with Crippen molar-refractivity contribution in [1.29, 1.82) is 0 Å². The number of benzene rings is 7. The fourth-order valence-electron chi connectivity index (χ4n) is 6.91. The third kappa shape index (κ3) is 2.77. The fourth-order valence-corrected chi connectivity index (χ4v) is 6.91. The molecule has 0 aliphatic heterocycles. The van der Waals surface area contributed by atoms with E-state index in [9.17, 15) is 0 Å². The number of hydrogen-bond acceptors (Lipinski definition) is 0. The maximum atomic E-state index is 2.52. The molecule has 0 spiro atoms. The number of aromatic nitrogens is 2. The van der Waals surface area contributed by atoms with E-state index in [2.05, 4.69) is 155 Å². The summed E-state index contributed by atoms with van der Waals surface area (Å²) in [6.45, 7) is 0. The summed E-state index contributed by atoms with van der Waals surface area (Å²) in [5.41, 5.74) is 6.10. The van der Waals surface area contributed by atoms with Gasteiger partial charge in [0.05, 0.1) is 16.6 Å². The van der Waals surface area contributed by atoms with Crippen molar-refractivity contribution in [2.24, 2.45) is 0 Å². The number of hydrogen-bond donors (Lipinski definition) is 0. The topological polar surface area (TPSA) is 9.86 Å². The van der Waals surface area contributed by atoms with E-state index in [4.69, 9.17) is 0 Å². The van der Waals surface area contributed by atoms with Gasteiger partial charge >= 0.3 is 0 Å². The minimum atomic E-state index is 1.17. The highest BCUT2D eigenvalue weighted by atomic mass is 15.0. The van der Waals surface area contributed by atoms with Crippen LogP contribution >= 0.6 is 0 Å². The number of nitrogens with zero attached hydrogens (tertiary/aromatic N) is 2. The lowest BCUT2D eigenvalue weighted by Gasteiger charge is -2.13. The second-order valence-corrected chi connectivity index (χ2v) is 10.5. The average molecular weight is 509 g/mol. The van der Waals surface area contributed by atoms with Gasteiger partial charge in [0.1, 0.15) is 0 Å². The molecule has 0 saturated carbocycles. The second-order valence-electron chi connectivity index (χ2n) is 10.5. The Labute approximate surface area is 230 Å². The van der Waals surface area contributed by atoms with E-state index in [1.807, 2.05) is 0 Å². The zero-order valence-corrected chi connectivity index (χ0v) is 21.8. The highest BCUT2D eigenvalue weighted by Crippen LogP contribution is 2.47. The van der Waals surface area contributed by atoms with Gasteiger partial charge < -0.3 is 9.13 Å². The summed E-state index contributed by atoms with van der Waals surface area (Å²) in [6.07, 6.45) is 2.23. The zero-order chi connectivity index (χ0) is 26.2. The standard InChI is InChI=1S/C38H24N2/c1-3-13-25(14-4-1)39-24-23-33-36(39)32-22-12-10-20-30(32)35-34-29-19-9-7-17-27(29)28-18-8-11-21-31(28)37(34)40(38(33)35)26-15-5-2-6-16-26/h1-24H. The van der Waals surface area contributed by atoms with E-state index in [-0.39, 0.29) is 0 Å². The average Bonchev–Trinajstić information content (AvgIpc) is 3.63. The quantitative estimate of drug-likeness (QED) is 0.206. The molecule has 7 aromatic carbocycles. The van der Waals surface area contributed by atoms with Crippen molar-refractivity contribution in [3.8, 4) is 11.4 Å². The summed E-state index contributed by atoms with van der Waals surface area (Å²) in [6, 6.07) is 50.6. The third-order valence-corrected chi connectivity index (χ3v) is 8.48. The van der Waals surface area contributed by atoms with Crippen LogP contribution in [0.5, 0.6) is 0 Å². The van der Waals surface area contributed by atoms with E-state index in [0.717, 1.165) is 0 Å². The molecule has 9 aromatic rings. The molecule has 0 bridgehead atoms. The van der Waals surface area contributed by atoms with Gasteiger partial charge in [0.2, 0.25) is 0 Å². The third-order valence-electron chi connectivity index (χ3n) is 8.48. The van der Waals surface area contributed by atoms with Crippen molar-refractivity contribution in [3.63, 3.8) is 0 Å². The van der Waals surface area contributed by atoms with Crippen LogP contribution < -0.4 is 0 Å². The molecule has 40 heavy (non-hydrogen) atoms. The molecule has 0 fully saturated rings. The van der Waals surface area contributed by atoms with Gasteiger partial charge in [-0.3, -0.25) is 0 Å². The molecule has 2 heterocycles. The van der Waals surface area contributed by atoms with Crippen LogP contribution in [-0.2, 0) is 0 Å². The Balaban J connectivity index is 1.66. The second kappa shape index (κ2) is 8.08. The summed E-state index contributed by atoms with van der Waals surface area (Å²) >= 11 is 0. The summed E-state index contributed by atoms with van der Waals surface area (Å²) in [5, 5.41) is 11.6. The van der Waals surface area contributed by atoms with Crippen molar-refractivity contribution < 1.29 is 0 Å². The molecule has 0 aliphatic rings. The van der Waals surface area contributed by atoms with Crippen LogP contribution in [0.1, 0.15) is 0 Å². The molecule has 0 radical (unpaired) electrons. The van der Waals surface area contributed by atoms with Crippen molar-refractivity contribution in [3.05, 3.63) is 146 Å². The summed E-state index contributed by atoms with van der Waals surface area (Å²) in [4.78, 5) is 0. The normalized spacial score (nSPS) is 12.0.